The van der Waals surface area contributed by atoms with E-state index in [0.29, 0.717) is 10.1 Å². The number of thioether (sulfide) groups is 1. The fraction of sp³-hybridized carbons (Fsp3) is 0.200. The van der Waals surface area contributed by atoms with Crippen LogP contribution in [0.2, 0.25) is 0 Å². The van der Waals surface area contributed by atoms with Crippen LogP contribution in [0.1, 0.15) is 28.2 Å². The molecule has 0 nitrogen and oxygen atoms in total. The molecule has 1 heterocycles. The molecule has 1 saturated heterocycles. The number of alkyl halides is 1. The van der Waals surface area contributed by atoms with Gasteiger partial charge in [0.15, 0.2) is 0 Å². The van der Waals surface area contributed by atoms with Crippen LogP contribution in [-0.2, 0) is 40.8 Å². The Labute approximate surface area is 194 Å². The first-order chi connectivity index (χ1) is 12.2. The van der Waals surface area contributed by atoms with E-state index in [9.17, 15) is 0 Å². The van der Waals surface area contributed by atoms with E-state index < -0.39 is 20.8 Å². The van der Waals surface area contributed by atoms with E-state index in [1.54, 1.807) is 5.57 Å². The molecule has 2 atom stereocenters. The smallest absolute Gasteiger partial charge is 0.0528 e. The summed E-state index contributed by atoms with van der Waals surface area (Å²) in [6.07, 6.45) is 7.70. The fourth-order valence-electron chi connectivity index (χ4n) is 3.16. The number of fused-ring (bicyclic) bond motifs is 4. The van der Waals surface area contributed by atoms with Gasteiger partial charge in [-0.1, -0.05) is 27.9 Å². The van der Waals surface area contributed by atoms with Crippen molar-refractivity contribution in [2.24, 2.45) is 0 Å². The molecule has 0 bridgehead atoms. The summed E-state index contributed by atoms with van der Waals surface area (Å²) in [7, 11) is 9.87. The predicted molar refractivity (Wildman–Crippen MR) is 120 cm³/mol. The second-order valence-corrected chi connectivity index (χ2v) is 12.1. The van der Waals surface area contributed by atoms with Crippen LogP contribution in [0.4, 0.5) is 0 Å². The first-order valence-electron chi connectivity index (χ1n) is 7.83. The Balaban J connectivity index is 0.000000165. The first-order valence-corrected chi connectivity index (χ1v) is 16.1. The maximum Gasteiger partial charge on any atom is -0.0528 e. The average molecular weight is 563 g/mol. The third kappa shape index (κ3) is 5.55. The molecular formula is C20H16BrCl2S2Zr-3. The fourth-order valence-corrected chi connectivity index (χ4v) is 5.28. The van der Waals surface area contributed by atoms with Crippen LogP contribution in [0.5, 0.6) is 0 Å². The summed E-state index contributed by atoms with van der Waals surface area (Å²) >= 11 is 4.87. The van der Waals surface area contributed by atoms with Crippen LogP contribution in [-0.4, -0.2) is 9.91 Å². The van der Waals surface area contributed by atoms with Gasteiger partial charge in [0.25, 0.3) is 0 Å². The average Bonchev–Trinajstić information content (AvgIpc) is 3.32. The standard InChI is InChI=1S/C11H8BrS.C9H7.2ClH.H2S.Zr/c12-11-10-8(6-13-11)5-7-3-1-2-4-9(7)10;1-2-5-9-7-3-6-8(9)4-1;;;;/h1-3,5,10-11H,6H2;1-4,7H,6H2;2*1H;1H2;/q2*-1;;;;+2/p-3. The Morgan fingerprint density at radius 1 is 1.15 bits per heavy atom. The van der Waals surface area contributed by atoms with Gasteiger partial charge in [-0.3, -0.25) is 0 Å². The summed E-state index contributed by atoms with van der Waals surface area (Å²) in [6.45, 7) is 0. The molecular weight excluding hydrogens is 546 g/mol. The summed E-state index contributed by atoms with van der Waals surface area (Å²) in [6, 6.07) is 18.9. The third-order valence-electron chi connectivity index (χ3n) is 4.25. The van der Waals surface area contributed by atoms with E-state index in [0.717, 1.165) is 6.42 Å². The van der Waals surface area contributed by atoms with Crippen LogP contribution in [0.3, 0.4) is 0 Å². The van der Waals surface area contributed by atoms with Crippen molar-refractivity contribution in [1.29, 1.82) is 0 Å². The van der Waals surface area contributed by atoms with Gasteiger partial charge in [0.05, 0.1) is 4.16 Å². The van der Waals surface area contributed by atoms with Gasteiger partial charge >= 0.3 is 37.9 Å². The molecule has 0 saturated carbocycles. The van der Waals surface area contributed by atoms with Crippen molar-refractivity contribution in [3.63, 3.8) is 0 Å². The van der Waals surface area contributed by atoms with E-state index in [1.165, 1.54) is 28.0 Å². The van der Waals surface area contributed by atoms with Crippen LogP contribution in [0.25, 0.3) is 12.2 Å². The van der Waals surface area contributed by atoms with E-state index in [1.807, 2.05) is 30.0 Å². The van der Waals surface area contributed by atoms with Crippen LogP contribution in [0, 0.1) is 12.1 Å². The van der Waals surface area contributed by atoms with Crippen LogP contribution < -0.4 is 0 Å². The van der Waals surface area contributed by atoms with Gasteiger partial charge < -0.3 is 13.5 Å². The normalized spacial score (nSPS) is 20.2. The number of hydrogen-bond donors (Lipinski definition) is 0. The minimum atomic E-state index is -0.826. The van der Waals surface area contributed by atoms with Crippen molar-refractivity contribution in [1.82, 2.24) is 0 Å². The number of halogens is 3. The first kappa shape index (κ1) is 22.8. The largest absolute Gasteiger partial charge is 0.813 e. The number of rotatable bonds is 0. The predicted octanol–water partition coefficient (Wildman–Crippen LogP) is 6.60. The minimum absolute atomic E-state index is 0. The van der Waals surface area contributed by atoms with Gasteiger partial charge in [0, 0.05) is 11.7 Å². The maximum atomic E-state index is 4.93. The van der Waals surface area contributed by atoms with E-state index >= 15 is 0 Å². The quantitative estimate of drug-likeness (QED) is 0.154. The van der Waals surface area contributed by atoms with Gasteiger partial charge in [0.2, 0.25) is 0 Å². The Morgan fingerprint density at radius 3 is 2.65 bits per heavy atom. The topological polar surface area (TPSA) is 0 Å². The number of hydrogen-bond acceptors (Lipinski definition) is 2. The van der Waals surface area contributed by atoms with Crippen molar-refractivity contribution in [2.75, 3.05) is 5.75 Å². The second kappa shape index (κ2) is 11.5. The summed E-state index contributed by atoms with van der Waals surface area (Å²) < 4.78 is 0.554. The number of allylic oxidation sites excluding steroid dienone is 1. The molecule has 2 aliphatic carbocycles. The van der Waals surface area contributed by atoms with Gasteiger partial charge in [-0.15, -0.1) is 76.5 Å². The molecule has 0 radical (unpaired) electrons. The molecule has 26 heavy (non-hydrogen) atoms. The monoisotopic (exact) mass is 559 g/mol. The van der Waals surface area contributed by atoms with Gasteiger partial charge in [-0.2, -0.15) is 24.3 Å². The zero-order valence-electron chi connectivity index (χ0n) is 13.8. The van der Waals surface area contributed by atoms with Crippen LogP contribution >= 0.6 is 44.7 Å². The van der Waals surface area contributed by atoms with Crippen molar-refractivity contribution < 1.29 is 20.8 Å². The zero-order chi connectivity index (χ0) is 17.6. The van der Waals surface area contributed by atoms with Crippen molar-refractivity contribution in [3.05, 3.63) is 82.4 Å². The SMILES string of the molecule is BrC1SCC2=Cc3ccc[c-]c3C21.[Cl][Zr][Cl].[SH-].[c-]1cccc2c1C=CC2. The maximum absolute atomic E-state index is 4.93. The molecule has 3 aliphatic rings. The summed E-state index contributed by atoms with van der Waals surface area (Å²) in [5.41, 5.74) is 6.97. The summed E-state index contributed by atoms with van der Waals surface area (Å²) in [5, 5.41) is 0. The molecule has 6 heteroatoms. The van der Waals surface area contributed by atoms with E-state index in [-0.39, 0.29) is 13.5 Å². The minimum Gasteiger partial charge on any atom is -0.813 e. The molecule has 1 aliphatic heterocycles. The molecule has 0 spiro atoms. The zero-order valence-corrected chi connectivity index (χ0v) is 21.0. The molecule has 2 unspecified atom stereocenters. The van der Waals surface area contributed by atoms with Gasteiger partial charge in [0.1, 0.15) is 0 Å². The Morgan fingerprint density at radius 2 is 1.88 bits per heavy atom. The summed E-state index contributed by atoms with van der Waals surface area (Å²) in [4.78, 5) is 0. The van der Waals surface area contributed by atoms with E-state index in [2.05, 4.69) is 64.5 Å². The van der Waals surface area contributed by atoms with Crippen molar-refractivity contribution in [3.8, 4) is 0 Å². The summed E-state index contributed by atoms with van der Waals surface area (Å²) in [5.74, 6) is 1.75. The van der Waals surface area contributed by atoms with Crippen LogP contribution in [0.15, 0.2) is 48.0 Å². The van der Waals surface area contributed by atoms with E-state index in [4.69, 9.17) is 17.0 Å². The van der Waals surface area contributed by atoms with Gasteiger partial charge in [-0.25, -0.2) is 0 Å². The molecule has 0 amide bonds. The number of benzene rings is 2. The second-order valence-electron chi connectivity index (χ2n) is 5.69. The molecule has 0 N–H and O–H groups in total. The molecule has 136 valence electrons. The molecule has 5 rings (SSSR count). The number of thiol groups is 1. The molecule has 2 aromatic rings. The molecule has 2 aromatic carbocycles. The van der Waals surface area contributed by atoms with Gasteiger partial charge in [-0.05, 0) is 0 Å². The van der Waals surface area contributed by atoms with Crippen molar-refractivity contribution in [2.45, 2.75) is 16.5 Å². The Bertz CT molecular complexity index is 795. The Kier molecular flexibility index (Phi) is 10.1. The Hall–Kier alpha value is 0.563. The van der Waals surface area contributed by atoms with Crippen molar-refractivity contribution >= 4 is 70.4 Å². The molecule has 1 fully saturated rings. The molecule has 0 aromatic heterocycles. The third-order valence-corrected chi connectivity index (χ3v) is 6.66.